The molecule has 2 N–H and O–H groups in total. The van der Waals surface area contributed by atoms with Crippen LogP contribution in [0.25, 0.3) is 0 Å². The van der Waals surface area contributed by atoms with Crippen molar-refractivity contribution in [1.29, 1.82) is 0 Å². The van der Waals surface area contributed by atoms with Gasteiger partial charge in [0, 0.05) is 47.0 Å². The summed E-state index contributed by atoms with van der Waals surface area (Å²) in [7, 11) is 0. The molecule has 238 valence electrons. The second-order valence-corrected chi connectivity index (χ2v) is 15.6. The molecule has 1 aliphatic heterocycles. The average molecular weight is 618 g/mol. The third-order valence-electron chi connectivity index (χ3n) is 13.8. The number of carbonyl (C=O) groups is 1. The maximum Gasteiger partial charge on any atom is 0.416 e. The fraction of sp³-hybridized carbons (Fsp3) is 0.553. The summed E-state index contributed by atoms with van der Waals surface area (Å²) < 4.78 is 41.3. The topological polar surface area (TPSA) is 60.8 Å². The molecule has 2 aromatic rings. The summed E-state index contributed by atoms with van der Waals surface area (Å²) in [5, 5.41) is 23.6. The highest BCUT2D eigenvalue weighted by atomic mass is 19.4. The highest BCUT2D eigenvalue weighted by Crippen LogP contribution is 2.78. The number of halogens is 3. The molecule has 0 aromatic heterocycles. The summed E-state index contributed by atoms with van der Waals surface area (Å²) in [4.78, 5) is 17.0. The standard InChI is InChI=1S/C38H42F3NO3/c1-33-13-10-28(43)19-35(33)16-17-37(29(20-35)32(44)24-8-5-9-27(18-24)38(39,40)41)30(33)11-14-34(2)31(37)12-15-36(34,45)23-42-21-25-6-3-4-7-26(25)22-42/h3-9,16-18,20,28,30-31,43,45H,10-15,19,21-23H2,1-2H3/t28?,30-,31-,33-,34+,35+,36-,37-/m1/s1. The zero-order valence-corrected chi connectivity index (χ0v) is 26.0. The van der Waals surface area contributed by atoms with Gasteiger partial charge in [-0.15, -0.1) is 0 Å². The zero-order valence-electron chi connectivity index (χ0n) is 26.0. The van der Waals surface area contributed by atoms with Crippen LogP contribution in [0.1, 0.15) is 85.8 Å². The molecular formula is C38H42F3NO3. The number of hydrogen-bond acceptors (Lipinski definition) is 4. The SMILES string of the molecule is C[C@]12CC[C@H]3[C@]4(C=C[C@@]5(C=C4C(=O)c4cccc(C(F)(F)F)c4)CC(O)CC[C@]35C)[C@@H]1CC[C@@]2(O)CN1Cc2ccccc2C1. The van der Waals surface area contributed by atoms with E-state index in [9.17, 15) is 28.2 Å². The Labute approximate surface area is 263 Å². The third-order valence-corrected chi connectivity index (χ3v) is 13.8. The van der Waals surface area contributed by atoms with Crippen LogP contribution in [0.4, 0.5) is 13.2 Å². The molecule has 8 atom stereocenters. The lowest BCUT2D eigenvalue weighted by Crippen LogP contribution is -2.67. The van der Waals surface area contributed by atoms with Gasteiger partial charge in [-0.05, 0) is 85.5 Å². The lowest BCUT2D eigenvalue weighted by atomic mass is 9.32. The number of fused-ring (bicyclic) bond motifs is 2. The van der Waals surface area contributed by atoms with Crippen LogP contribution in [-0.4, -0.2) is 39.1 Å². The normalized spacial score (nSPS) is 41.7. The highest BCUT2D eigenvalue weighted by molar-refractivity contribution is 6.10. The molecular weight excluding hydrogens is 575 g/mol. The van der Waals surface area contributed by atoms with Crippen LogP contribution in [0.5, 0.6) is 0 Å². The smallest absolute Gasteiger partial charge is 0.393 e. The van der Waals surface area contributed by atoms with Gasteiger partial charge in [0.2, 0.25) is 0 Å². The van der Waals surface area contributed by atoms with E-state index in [-0.39, 0.29) is 28.6 Å². The lowest BCUT2D eigenvalue weighted by molar-refractivity contribution is -0.176. The van der Waals surface area contributed by atoms with E-state index in [0.29, 0.717) is 31.4 Å². The molecule has 0 radical (unpaired) electrons. The van der Waals surface area contributed by atoms with Gasteiger partial charge in [-0.2, -0.15) is 13.2 Å². The molecule has 2 aromatic carbocycles. The number of allylic oxidation sites excluding steroid dienone is 4. The van der Waals surface area contributed by atoms with E-state index >= 15 is 0 Å². The van der Waals surface area contributed by atoms with Gasteiger partial charge in [0.1, 0.15) is 0 Å². The molecule has 7 aliphatic rings. The second-order valence-electron chi connectivity index (χ2n) is 15.6. The minimum Gasteiger partial charge on any atom is -0.393 e. The molecule has 45 heavy (non-hydrogen) atoms. The molecule has 1 heterocycles. The molecule has 7 heteroatoms. The summed E-state index contributed by atoms with van der Waals surface area (Å²) in [6.07, 6.45) is 6.51. The van der Waals surface area contributed by atoms with Crippen molar-refractivity contribution in [2.75, 3.05) is 6.54 Å². The van der Waals surface area contributed by atoms with Crippen molar-refractivity contribution in [3.63, 3.8) is 0 Å². The monoisotopic (exact) mass is 617 g/mol. The number of nitrogens with zero attached hydrogens (tertiary/aromatic N) is 1. The molecule has 3 saturated carbocycles. The van der Waals surface area contributed by atoms with Gasteiger partial charge in [0.25, 0.3) is 0 Å². The first kappa shape index (κ1) is 29.6. The van der Waals surface area contributed by atoms with Gasteiger partial charge in [-0.25, -0.2) is 0 Å². The van der Waals surface area contributed by atoms with Gasteiger partial charge in [0.05, 0.1) is 17.3 Å². The maximum absolute atomic E-state index is 14.6. The van der Waals surface area contributed by atoms with E-state index in [1.165, 1.54) is 23.3 Å². The third kappa shape index (κ3) is 3.87. The van der Waals surface area contributed by atoms with Crippen molar-refractivity contribution in [3.05, 3.63) is 94.6 Å². The number of benzene rings is 2. The maximum atomic E-state index is 14.6. The predicted molar refractivity (Wildman–Crippen MR) is 165 cm³/mol. The van der Waals surface area contributed by atoms with Gasteiger partial charge in [-0.3, -0.25) is 9.69 Å². The average Bonchev–Trinajstić information content (AvgIpc) is 3.53. The fourth-order valence-corrected chi connectivity index (χ4v) is 11.5. The Hall–Kier alpha value is -2.74. The Kier molecular flexibility index (Phi) is 6.21. The van der Waals surface area contributed by atoms with Gasteiger partial charge in [0.15, 0.2) is 5.78 Å². The molecule has 3 fully saturated rings. The summed E-state index contributed by atoms with van der Waals surface area (Å²) in [5.74, 6) is -0.307. The number of rotatable bonds is 4. The minimum atomic E-state index is -4.55. The number of aliphatic hydroxyl groups excluding tert-OH is 1. The molecule has 0 saturated heterocycles. The van der Waals surface area contributed by atoms with Gasteiger partial charge >= 0.3 is 6.18 Å². The largest absolute Gasteiger partial charge is 0.416 e. The summed E-state index contributed by atoms with van der Waals surface area (Å²) in [6, 6.07) is 13.3. The van der Waals surface area contributed by atoms with Crippen molar-refractivity contribution >= 4 is 5.78 Å². The van der Waals surface area contributed by atoms with E-state index in [4.69, 9.17) is 0 Å². The number of alkyl halides is 3. The van der Waals surface area contributed by atoms with E-state index in [1.54, 1.807) is 0 Å². The molecule has 0 amide bonds. The Morgan fingerprint density at radius 1 is 0.911 bits per heavy atom. The van der Waals surface area contributed by atoms with Crippen molar-refractivity contribution in [2.45, 2.75) is 89.8 Å². The van der Waals surface area contributed by atoms with Crippen molar-refractivity contribution in [1.82, 2.24) is 4.90 Å². The van der Waals surface area contributed by atoms with Crippen LogP contribution in [0.15, 0.2) is 72.3 Å². The summed E-state index contributed by atoms with van der Waals surface area (Å²) in [5.41, 5.74) is -0.487. The van der Waals surface area contributed by atoms with Crippen LogP contribution in [-0.2, 0) is 19.3 Å². The lowest BCUT2D eigenvalue weighted by Gasteiger charge is -2.71. The van der Waals surface area contributed by atoms with E-state index in [1.807, 2.05) is 0 Å². The van der Waals surface area contributed by atoms with Crippen LogP contribution >= 0.6 is 0 Å². The Balaban J connectivity index is 1.23. The molecule has 6 aliphatic carbocycles. The number of Topliss-reactive ketones (excluding diaryl/α,β-unsaturated/α-hetero) is 1. The summed E-state index contributed by atoms with van der Waals surface area (Å²) in [6.45, 7) is 6.68. The molecule has 2 spiro atoms. The van der Waals surface area contributed by atoms with Crippen LogP contribution in [0, 0.1) is 33.5 Å². The van der Waals surface area contributed by atoms with Crippen LogP contribution < -0.4 is 0 Å². The minimum absolute atomic E-state index is 0.0436. The van der Waals surface area contributed by atoms with E-state index in [0.717, 1.165) is 50.9 Å². The molecule has 1 unspecified atom stereocenters. The molecule has 9 rings (SSSR count). The van der Waals surface area contributed by atoms with Crippen molar-refractivity contribution in [3.8, 4) is 0 Å². The Bertz CT molecular complexity index is 1620. The first-order valence-corrected chi connectivity index (χ1v) is 16.6. The predicted octanol–water partition coefficient (Wildman–Crippen LogP) is 7.50. The second kappa shape index (κ2) is 9.42. The number of carbonyl (C=O) groups excluding carboxylic acids is 1. The Morgan fingerprint density at radius 2 is 1.58 bits per heavy atom. The fourth-order valence-electron chi connectivity index (χ4n) is 11.5. The van der Waals surface area contributed by atoms with Gasteiger partial charge < -0.3 is 10.2 Å². The number of aliphatic hydroxyl groups is 2. The number of hydrogen-bond donors (Lipinski definition) is 2. The number of β-amino-alcohol motifs (C(OH)–C–C–N with tert-alkyl or cyclic N) is 1. The molecule has 4 nitrogen and oxygen atoms in total. The first-order chi connectivity index (χ1) is 21.2. The van der Waals surface area contributed by atoms with Gasteiger partial charge in [-0.1, -0.05) is 68.5 Å². The zero-order chi connectivity index (χ0) is 31.6. The van der Waals surface area contributed by atoms with Crippen LogP contribution in [0.3, 0.4) is 0 Å². The van der Waals surface area contributed by atoms with E-state index in [2.05, 4.69) is 61.2 Å². The van der Waals surface area contributed by atoms with Crippen LogP contribution in [0.2, 0.25) is 0 Å². The quantitative estimate of drug-likeness (QED) is 0.276. The van der Waals surface area contributed by atoms with Crippen molar-refractivity contribution in [2.24, 2.45) is 33.5 Å². The van der Waals surface area contributed by atoms with E-state index < -0.39 is 39.7 Å². The number of ketones is 1. The van der Waals surface area contributed by atoms with Crippen molar-refractivity contribution < 1.29 is 28.2 Å². The first-order valence-electron chi connectivity index (χ1n) is 16.6. The Morgan fingerprint density at radius 3 is 2.29 bits per heavy atom. The molecule has 2 bridgehead atoms. The summed E-state index contributed by atoms with van der Waals surface area (Å²) >= 11 is 0. The highest BCUT2D eigenvalue weighted by Gasteiger charge is 2.74.